The Hall–Kier alpha value is -0.640. The maximum absolute atomic E-state index is 13.8. The third-order valence-electron chi connectivity index (χ3n) is 4.31. The monoisotopic (exact) mass is 345 g/mol. The van der Waals surface area contributed by atoms with Crippen LogP contribution < -0.4 is 5.32 Å². The van der Waals surface area contributed by atoms with E-state index in [1.807, 2.05) is 0 Å². The predicted molar refractivity (Wildman–Crippen MR) is 82.9 cm³/mol. The second kappa shape index (κ2) is 6.88. The second-order valence-corrected chi connectivity index (χ2v) is 6.95. The third-order valence-corrected chi connectivity index (χ3v) is 4.94. The van der Waals surface area contributed by atoms with E-state index in [9.17, 15) is 8.78 Å². The zero-order valence-corrected chi connectivity index (χ0v) is 13.6. The number of hydrogen-bond acceptors (Lipinski definition) is 1. The molecule has 0 amide bonds. The van der Waals surface area contributed by atoms with Crippen molar-refractivity contribution in [2.75, 3.05) is 5.32 Å². The maximum Gasteiger partial charge on any atom is 0.150 e. The highest BCUT2D eigenvalue weighted by atomic mass is 79.9. The van der Waals surface area contributed by atoms with Crippen molar-refractivity contribution >= 4 is 21.6 Å². The van der Waals surface area contributed by atoms with Gasteiger partial charge in [-0.1, -0.05) is 26.7 Å². The van der Waals surface area contributed by atoms with E-state index in [1.165, 1.54) is 25.3 Å². The van der Waals surface area contributed by atoms with Crippen LogP contribution in [0.1, 0.15) is 46.0 Å². The highest BCUT2D eigenvalue weighted by Crippen LogP contribution is 2.33. The van der Waals surface area contributed by atoms with Gasteiger partial charge in [-0.3, -0.25) is 0 Å². The quantitative estimate of drug-likeness (QED) is 0.688. The molecule has 112 valence electrons. The molecule has 0 aromatic heterocycles. The normalized spacial score (nSPS) is 23.7. The van der Waals surface area contributed by atoms with Crippen LogP contribution in [0.25, 0.3) is 0 Å². The van der Waals surface area contributed by atoms with Crippen LogP contribution in [0.5, 0.6) is 0 Å². The van der Waals surface area contributed by atoms with Gasteiger partial charge in [-0.05, 0) is 53.1 Å². The van der Waals surface area contributed by atoms with Crippen LogP contribution in [0, 0.1) is 23.5 Å². The zero-order chi connectivity index (χ0) is 14.7. The number of anilines is 1. The van der Waals surface area contributed by atoms with Gasteiger partial charge in [0.1, 0.15) is 11.6 Å². The van der Waals surface area contributed by atoms with Crippen molar-refractivity contribution in [2.24, 2.45) is 11.8 Å². The Balaban J connectivity index is 2.04. The molecule has 1 saturated carbocycles. The van der Waals surface area contributed by atoms with E-state index in [4.69, 9.17) is 0 Å². The van der Waals surface area contributed by atoms with Gasteiger partial charge in [-0.15, -0.1) is 0 Å². The lowest BCUT2D eigenvalue weighted by molar-refractivity contribution is 0.341. The average Bonchev–Trinajstić information content (AvgIpc) is 2.59. The Labute approximate surface area is 128 Å². The molecular weight excluding hydrogens is 324 g/mol. The first kappa shape index (κ1) is 15.7. The SMILES string of the molecule is CC(C)C1CCCC(Nc2c(F)cc(F)cc2Br)CC1. The van der Waals surface area contributed by atoms with Crippen molar-refractivity contribution in [1.82, 2.24) is 0 Å². The summed E-state index contributed by atoms with van der Waals surface area (Å²) in [5.74, 6) is 0.397. The van der Waals surface area contributed by atoms with Crippen LogP contribution in [-0.4, -0.2) is 6.04 Å². The van der Waals surface area contributed by atoms with E-state index in [-0.39, 0.29) is 6.04 Å². The molecule has 0 saturated heterocycles. The topological polar surface area (TPSA) is 12.0 Å². The zero-order valence-electron chi connectivity index (χ0n) is 12.1. The van der Waals surface area contributed by atoms with Crippen molar-refractivity contribution in [3.05, 3.63) is 28.2 Å². The van der Waals surface area contributed by atoms with E-state index >= 15 is 0 Å². The Morgan fingerprint density at radius 3 is 2.55 bits per heavy atom. The summed E-state index contributed by atoms with van der Waals surface area (Å²) in [4.78, 5) is 0. The van der Waals surface area contributed by atoms with Crippen molar-refractivity contribution in [2.45, 2.75) is 52.0 Å². The second-order valence-electron chi connectivity index (χ2n) is 6.10. The lowest BCUT2D eigenvalue weighted by Gasteiger charge is -2.20. The van der Waals surface area contributed by atoms with E-state index in [0.717, 1.165) is 24.8 Å². The summed E-state index contributed by atoms with van der Waals surface area (Å²) in [6.45, 7) is 4.54. The fourth-order valence-electron chi connectivity index (χ4n) is 3.03. The van der Waals surface area contributed by atoms with E-state index in [1.54, 1.807) is 0 Å². The molecule has 2 unspecified atom stereocenters. The lowest BCUT2D eigenvalue weighted by Crippen LogP contribution is -2.20. The van der Waals surface area contributed by atoms with Crippen molar-refractivity contribution < 1.29 is 8.78 Å². The Kier molecular flexibility index (Phi) is 5.42. The van der Waals surface area contributed by atoms with Crippen LogP contribution in [0.15, 0.2) is 16.6 Å². The van der Waals surface area contributed by atoms with Gasteiger partial charge in [0, 0.05) is 16.6 Å². The van der Waals surface area contributed by atoms with Crippen molar-refractivity contribution in [3.8, 4) is 0 Å². The first-order valence-corrected chi connectivity index (χ1v) is 8.17. The molecule has 1 aromatic carbocycles. The summed E-state index contributed by atoms with van der Waals surface area (Å²) < 4.78 is 27.4. The van der Waals surface area contributed by atoms with Gasteiger partial charge < -0.3 is 5.32 Å². The molecule has 1 fully saturated rings. The van der Waals surface area contributed by atoms with Crippen LogP contribution in [0.2, 0.25) is 0 Å². The molecule has 2 atom stereocenters. The Bertz CT molecular complexity index is 439. The molecule has 1 nitrogen and oxygen atoms in total. The summed E-state index contributed by atoms with van der Waals surface area (Å²) in [5.41, 5.74) is 0.388. The fraction of sp³-hybridized carbons (Fsp3) is 0.625. The first-order valence-electron chi connectivity index (χ1n) is 7.38. The van der Waals surface area contributed by atoms with Crippen LogP contribution >= 0.6 is 15.9 Å². The molecule has 0 aliphatic heterocycles. The summed E-state index contributed by atoms with van der Waals surface area (Å²) in [6.07, 6.45) is 5.69. The number of nitrogens with one attached hydrogen (secondary N) is 1. The largest absolute Gasteiger partial charge is 0.379 e. The highest BCUT2D eigenvalue weighted by Gasteiger charge is 2.22. The van der Waals surface area contributed by atoms with E-state index in [2.05, 4.69) is 35.1 Å². The fourth-order valence-corrected chi connectivity index (χ4v) is 3.55. The average molecular weight is 346 g/mol. The smallest absolute Gasteiger partial charge is 0.150 e. The van der Waals surface area contributed by atoms with Crippen molar-refractivity contribution in [3.63, 3.8) is 0 Å². The third kappa shape index (κ3) is 3.94. The van der Waals surface area contributed by atoms with Gasteiger partial charge in [-0.25, -0.2) is 8.78 Å². The Morgan fingerprint density at radius 1 is 1.15 bits per heavy atom. The number of rotatable bonds is 3. The molecule has 0 spiro atoms. The molecule has 0 radical (unpaired) electrons. The number of halogens is 3. The lowest BCUT2D eigenvalue weighted by atomic mass is 9.89. The minimum Gasteiger partial charge on any atom is -0.379 e. The predicted octanol–water partition coefficient (Wildman–Crippen LogP) is 5.74. The maximum atomic E-state index is 13.8. The molecule has 20 heavy (non-hydrogen) atoms. The molecule has 2 rings (SSSR count). The van der Waals surface area contributed by atoms with Gasteiger partial charge in [0.2, 0.25) is 0 Å². The van der Waals surface area contributed by atoms with Gasteiger partial charge in [-0.2, -0.15) is 0 Å². The molecular formula is C16H22BrF2N. The standard InChI is InChI=1S/C16H22BrF2N/c1-10(2)11-4-3-5-13(7-6-11)20-16-14(17)8-12(18)9-15(16)19/h8-11,13,20H,3-7H2,1-2H3. The highest BCUT2D eigenvalue weighted by molar-refractivity contribution is 9.10. The van der Waals surface area contributed by atoms with Crippen molar-refractivity contribution in [1.29, 1.82) is 0 Å². The molecule has 1 aromatic rings. The summed E-state index contributed by atoms with van der Waals surface area (Å²) in [6, 6.07) is 2.51. The van der Waals surface area contributed by atoms with Crippen LogP contribution in [0.4, 0.5) is 14.5 Å². The minimum absolute atomic E-state index is 0.273. The number of benzene rings is 1. The number of hydrogen-bond donors (Lipinski definition) is 1. The molecule has 1 aliphatic rings. The summed E-state index contributed by atoms with van der Waals surface area (Å²) >= 11 is 3.24. The van der Waals surface area contributed by atoms with Crippen LogP contribution in [-0.2, 0) is 0 Å². The van der Waals surface area contributed by atoms with Gasteiger partial charge in [0.15, 0.2) is 0 Å². The molecule has 0 heterocycles. The van der Waals surface area contributed by atoms with E-state index < -0.39 is 11.6 Å². The molecule has 1 aliphatic carbocycles. The Morgan fingerprint density at radius 2 is 1.90 bits per heavy atom. The molecule has 1 N–H and O–H groups in total. The van der Waals surface area contributed by atoms with Gasteiger partial charge >= 0.3 is 0 Å². The molecule has 4 heteroatoms. The van der Waals surface area contributed by atoms with Gasteiger partial charge in [0.05, 0.1) is 5.69 Å². The van der Waals surface area contributed by atoms with Gasteiger partial charge in [0.25, 0.3) is 0 Å². The minimum atomic E-state index is -0.555. The molecule has 0 bridgehead atoms. The summed E-state index contributed by atoms with van der Waals surface area (Å²) in [7, 11) is 0. The van der Waals surface area contributed by atoms with E-state index in [0.29, 0.717) is 16.1 Å². The van der Waals surface area contributed by atoms with Crippen LogP contribution in [0.3, 0.4) is 0 Å². The first-order chi connectivity index (χ1) is 9.47. The summed E-state index contributed by atoms with van der Waals surface area (Å²) in [5, 5.41) is 3.26.